The lowest BCUT2D eigenvalue weighted by Gasteiger charge is -2.17. The summed E-state index contributed by atoms with van der Waals surface area (Å²) in [7, 11) is 1.64. The van der Waals surface area contributed by atoms with E-state index < -0.39 is 11.7 Å². The van der Waals surface area contributed by atoms with Gasteiger partial charge in [-0.25, -0.2) is 0 Å². The van der Waals surface area contributed by atoms with Gasteiger partial charge < -0.3 is 9.88 Å². The number of likely N-dealkylation sites (N-methyl/N-ethyl adjacent to an activating group) is 1. The molecule has 0 saturated heterocycles. The van der Waals surface area contributed by atoms with Gasteiger partial charge in [0.15, 0.2) is 0 Å². The number of aryl methyl sites for hydroxylation is 1. The summed E-state index contributed by atoms with van der Waals surface area (Å²) in [4.78, 5) is 29.9. The molecule has 0 atom stereocenters. The summed E-state index contributed by atoms with van der Waals surface area (Å²) in [6.45, 7) is 2.18. The number of amides is 1. The number of Topliss-reactive ketones (excluding diaryl/α,β-unsaturated/α-hetero) is 1. The highest BCUT2D eigenvalue weighted by Gasteiger charge is 2.25. The number of benzene rings is 2. The quantitative estimate of drug-likeness (QED) is 0.544. The molecule has 5 heteroatoms. The number of nitrogens with zero attached hydrogens (tertiary/aromatic N) is 1. The molecule has 0 saturated carbocycles. The van der Waals surface area contributed by atoms with Crippen LogP contribution in [0, 0.1) is 6.92 Å². The third-order valence-corrected chi connectivity index (χ3v) is 4.80. The van der Waals surface area contributed by atoms with E-state index in [-0.39, 0.29) is 0 Å². The number of rotatable bonds is 4. The lowest BCUT2D eigenvalue weighted by atomic mass is 10.1. The average molecular weight is 385 g/mol. The molecule has 0 aliphatic carbocycles. The Morgan fingerprint density at radius 1 is 1.08 bits per heavy atom. The van der Waals surface area contributed by atoms with Gasteiger partial charge in [0.1, 0.15) is 0 Å². The van der Waals surface area contributed by atoms with Gasteiger partial charge in [0.2, 0.25) is 0 Å². The molecule has 0 fully saturated rings. The van der Waals surface area contributed by atoms with Gasteiger partial charge >= 0.3 is 0 Å². The molecular weight excluding hydrogens is 368 g/mol. The van der Waals surface area contributed by atoms with Gasteiger partial charge in [-0.3, -0.25) is 9.59 Å². The highest BCUT2D eigenvalue weighted by atomic mass is 79.9. The Morgan fingerprint density at radius 2 is 1.75 bits per heavy atom. The maximum atomic E-state index is 12.7. The summed E-state index contributed by atoms with van der Waals surface area (Å²) < 4.78 is 0.917. The van der Waals surface area contributed by atoms with Gasteiger partial charge in [-0.15, -0.1) is 0 Å². The molecule has 0 bridgehead atoms. The first-order valence-electron chi connectivity index (χ1n) is 7.59. The average Bonchev–Trinajstić information content (AvgIpc) is 2.91. The number of carbonyl (C=O) groups excluding carboxylic acids is 2. The molecule has 0 unspecified atom stereocenters. The first-order valence-corrected chi connectivity index (χ1v) is 8.39. The minimum Gasteiger partial charge on any atom is -0.358 e. The van der Waals surface area contributed by atoms with Gasteiger partial charge in [-0.2, -0.15) is 0 Å². The highest BCUT2D eigenvalue weighted by molar-refractivity contribution is 9.10. The van der Waals surface area contributed by atoms with E-state index in [0.717, 1.165) is 20.9 Å². The number of nitrogens with one attached hydrogen (secondary N) is 1. The number of aromatic amines is 1. The predicted molar refractivity (Wildman–Crippen MR) is 98.0 cm³/mol. The van der Waals surface area contributed by atoms with E-state index in [1.807, 2.05) is 55.5 Å². The van der Waals surface area contributed by atoms with E-state index in [2.05, 4.69) is 20.9 Å². The summed E-state index contributed by atoms with van der Waals surface area (Å²) >= 11 is 3.47. The van der Waals surface area contributed by atoms with Crippen LogP contribution in [0.15, 0.2) is 53.0 Å². The zero-order valence-corrected chi connectivity index (χ0v) is 15.1. The van der Waals surface area contributed by atoms with E-state index in [4.69, 9.17) is 0 Å². The van der Waals surface area contributed by atoms with Crippen molar-refractivity contribution in [3.8, 4) is 0 Å². The van der Waals surface area contributed by atoms with Gasteiger partial charge in [-0.05, 0) is 24.6 Å². The minimum atomic E-state index is -0.515. The van der Waals surface area contributed by atoms with E-state index in [1.54, 1.807) is 7.05 Å². The van der Waals surface area contributed by atoms with Crippen molar-refractivity contribution in [2.75, 3.05) is 7.05 Å². The van der Waals surface area contributed by atoms with E-state index in [1.165, 1.54) is 4.90 Å². The fourth-order valence-electron chi connectivity index (χ4n) is 2.80. The smallest absolute Gasteiger partial charge is 0.295 e. The zero-order valence-electron chi connectivity index (χ0n) is 13.5. The molecular formula is C19H17BrN2O2. The van der Waals surface area contributed by atoms with Crippen molar-refractivity contribution in [1.29, 1.82) is 0 Å². The molecule has 2 aromatic carbocycles. The minimum absolute atomic E-state index is 0.368. The standard InChI is InChI=1S/C19H17BrN2O2/c1-12-17(14-8-4-6-10-16(14)21-12)18(23)19(24)22(2)11-13-7-3-5-9-15(13)20/h3-10,21H,11H2,1-2H3. The normalized spacial score (nSPS) is 10.8. The van der Waals surface area contributed by atoms with Gasteiger partial charge in [0.25, 0.3) is 11.7 Å². The molecule has 1 amide bonds. The molecule has 0 radical (unpaired) electrons. The predicted octanol–water partition coefficient (Wildman–Crippen LogP) is 4.08. The molecule has 0 aliphatic heterocycles. The number of para-hydroxylation sites is 1. The number of carbonyl (C=O) groups is 2. The largest absolute Gasteiger partial charge is 0.358 e. The Kier molecular flexibility index (Phi) is 4.53. The van der Waals surface area contributed by atoms with Crippen LogP contribution in [0.1, 0.15) is 21.6 Å². The SMILES string of the molecule is Cc1[nH]c2ccccc2c1C(=O)C(=O)N(C)Cc1ccccc1Br. The number of hydrogen-bond acceptors (Lipinski definition) is 2. The van der Waals surface area contributed by atoms with Crippen molar-refractivity contribution in [3.63, 3.8) is 0 Å². The van der Waals surface area contributed by atoms with Crippen LogP contribution in [0.2, 0.25) is 0 Å². The highest BCUT2D eigenvalue weighted by Crippen LogP contribution is 2.23. The first kappa shape index (κ1) is 16.5. The molecule has 0 aliphatic rings. The molecule has 4 nitrogen and oxygen atoms in total. The number of hydrogen-bond donors (Lipinski definition) is 1. The second kappa shape index (κ2) is 6.61. The third kappa shape index (κ3) is 2.99. The van der Waals surface area contributed by atoms with Crippen LogP contribution in [-0.4, -0.2) is 28.6 Å². The summed E-state index contributed by atoms with van der Waals surface area (Å²) in [5, 5.41) is 0.780. The Morgan fingerprint density at radius 3 is 2.50 bits per heavy atom. The van der Waals surface area contributed by atoms with Gasteiger partial charge in [0, 0.05) is 34.7 Å². The van der Waals surface area contributed by atoms with Crippen LogP contribution >= 0.6 is 15.9 Å². The number of H-pyrrole nitrogens is 1. The molecule has 24 heavy (non-hydrogen) atoms. The van der Waals surface area contributed by atoms with Crippen LogP contribution in [0.5, 0.6) is 0 Å². The first-order chi connectivity index (χ1) is 11.5. The van der Waals surface area contributed by atoms with Crippen molar-refractivity contribution < 1.29 is 9.59 Å². The van der Waals surface area contributed by atoms with Crippen molar-refractivity contribution in [2.45, 2.75) is 13.5 Å². The molecule has 3 aromatic rings. The van der Waals surface area contributed by atoms with Crippen molar-refractivity contribution in [1.82, 2.24) is 9.88 Å². The van der Waals surface area contributed by atoms with Gasteiger partial charge in [0.05, 0.1) is 5.56 Å². The maximum Gasteiger partial charge on any atom is 0.295 e. The van der Waals surface area contributed by atoms with Gasteiger partial charge in [-0.1, -0.05) is 52.3 Å². The Hall–Kier alpha value is -2.40. The number of aromatic nitrogens is 1. The summed E-state index contributed by atoms with van der Waals surface area (Å²) in [5.41, 5.74) is 2.98. The van der Waals surface area contributed by atoms with Crippen LogP contribution in [0.4, 0.5) is 0 Å². The topological polar surface area (TPSA) is 53.2 Å². The van der Waals surface area contributed by atoms with Crippen LogP contribution in [0.3, 0.4) is 0 Å². The lowest BCUT2D eigenvalue weighted by molar-refractivity contribution is -0.125. The molecule has 1 aromatic heterocycles. The van der Waals surface area contributed by atoms with E-state index in [9.17, 15) is 9.59 Å². The summed E-state index contributed by atoms with van der Waals surface area (Å²) in [5.74, 6) is -1.00. The third-order valence-electron chi connectivity index (χ3n) is 4.03. The fourth-order valence-corrected chi connectivity index (χ4v) is 3.21. The van der Waals surface area contributed by atoms with Crippen molar-refractivity contribution >= 4 is 38.5 Å². The van der Waals surface area contributed by atoms with E-state index >= 15 is 0 Å². The number of ketones is 1. The van der Waals surface area contributed by atoms with Crippen LogP contribution in [-0.2, 0) is 11.3 Å². The van der Waals surface area contributed by atoms with Crippen molar-refractivity contribution in [2.24, 2.45) is 0 Å². The molecule has 3 rings (SSSR count). The van der Waals surface area contributed by atoms with E-state index in [0.29, 0.717) is 17.8 Å². The molecule has 1 N–H and O–H groups in total. The Balaban J connectivity index is 1.87. The summed E-state index contributed by atoms with van der Waals surface area (Å²) in [6.07, 6.45) is 0. The molecule has 0 spiro atoms. The monoisotopic (exact) mass is 384 g/mol. The van der Waals surface area contributed by atoms with Crippen molar-refractivity contribution in [3.05, 3.63) is 69.8 Å². The second-order valence-electron chi connectivity index (χ2n) is 5.75. The van der Waals surface area contributed by atoms with Crippen LogP contribution < -0.4 is 0 Å². The Labute approximate surface area is 148 Å². The molecule has 1 heterocycles. The lowest BCUT2D eigenvalue weighted by Crippen LogP contribution is -2.33. The second-order valence-corrected chi connectivity index (χ2v) is 6.61. The summed E-state index contributed by atoms with van der Waals surface area (Å²) in [6, 6.07) is 15.2. The zero-order chi connectivity index (χ0) is 17.3. The van der Waals surface area contributed by atoms with Crippen LogP contribution in [0.25, 0.3) is 10.9 Å². The fraction of sp³-hybridized carbons (Fsp3) is 0.158. The molecule has 122 valence electrons. The number of fused-ring (bicyclic) bond motifs is 1. The maximum absolute atomic E-state index is 12.7. The Bertz CT molecular complexity index is 930. The number of halogens is 1.